The predicted molar refractivity (Wildman–Crippen MR) is 216 cm³/mol. The quantitative estimate of drug-likeness (QED) is 0.150. The van der Waals surface area contributed by atoms with E-state index in [2.05, 4.69) is 176 Å². The Kier molecular flexibility index (Phi) is 10.4. The molecule has 0 atom stereocenters. The van der Waals surface area contributed by atoms with Crippen molar-refractivity contribution in [3.05, 3.63) is 131 Å². The maximum Gasteiger partial charge on any atom is 2.00 e. The largest absolute Gasteiger partial charge is 2.00 e. The Morgan fingerprint density at radius 3 is 2.06 bits per heavy atom. The fraction of sp³-hybridized carbons (Fsp3) is 0.319. The summed E-state index contributed by atoms with van der Waals surface area (Å²) in [5, 5.41) is 7.57. The first kappa shape index (κ1) is 38.3. The standard InChI is InChI=1S/C47H50N4O.Pt/c1-29(2)44-43(32-18-16-31(5)17-19-32)45(30(3)4)51(49-44)35-24-34(47(9,10)11)25-37(27-35)52-36-20-21-39-38-14-12-13-15-40(38)50(41(39)28-36)42-26-33(22-23-48-42)46(6,7)8;/h12-26,29-30H,1-11H3;/q-2;+2. The van der Waals surface area contributed by atoms with Gasteiger partial charge in [0.2, 0.25) is 0 Å². The van der Waals surface area contributed by atoms with E-state index < -0.39 is 0 Å². The second-order valence-electron chi connectivity index (χ2n) is 16.8. The summed E-state index contributed by atoms with van der Waals surface area (Å²) in [6, 6.07) is 37.3. The second kappa shape index (κ2) is 14.4. The van der Waals surface area contributed by atoms with Crippen LogP contribution in [0.15, 0.2) is 91.1 Å². The monoisotopic (exact) mass is 881 g/mol. The average molecular weight is 882 g/mol. The fourth-order valence-corrected chi connectivity index (χ4v) is 7.01. The maximum absolute atomic E-state index is 6.75. The van der Waals surface area contributed by atoms with Gasteiger partial charge in [0.1, 0.15) is 5.82 Å². The van der Waals surface area contributed by atoms with E-state index in [0.717, 1.165) is 44.6 Å². The van der Waals surface area contributed by atoms with Gasteiger partial charge in [-0.15, -0.1) is 41.3 Å². The van der Waals surface area contributed by atoms with Crippen molar-refractivity contribution in [1.82, 2.24) is 19.3 Å². The predicted octanol–water partition coefficient (Wildman–Crippen LogP) is 12.6. The summed E-state index contributed by atoms with van der Waals surface area (Å²) < 4.78 is 11.1. The van der Waals surface area contributed by atoms with Crippen LogP contribution in [0.5, 0.6) is 11.5 Å². The molecule has 7 rings (SSSR count). The van der Waals surface area contributed by atoms with Crippen LogP contribution in [-0.2, 0) is 31.9 Å². The molecule has 0 saturated carbocycles. The number of benzene rings is 4. The zero-order valence-electron chi connectivity index (χ0n) is 32.8. The van der Waals surface area contributed by atoms with Crippen LogP contribution >= 0.6 is 0 Å². The third-order valence-electron chi connectivity index (χ3n) is 9.92. The fourth-order valence-electron chi connectivity index (χ4n) is 7.01. The van der Waals surface area contributed by atoms with E-state index >= 15 is 0 Å². The minimum atomic E-state index is -0.141. The van der Waals surface area contributed by atoms with Gasteiger partial charge < -0.3 is 9.30 Å². The third-order valence-corrected chi connectivity index (χ3v) is 9.92. The number of aromatic nitrogens is 4. The number of nitrogens with zero attached hydrogens (tertiary/aromatic N) is 4. The average Bonchev–Trinajstić information content (AvgIpc) is 3.65. The van der Waals surface area contributed by atoms with Crippen molar-refractivity contribution in [1.29, 1.82) is 0 Å². The Hall–Kier alpha value is -4.47. The Morgan fingerprint density at radius 2 is 1.40 bits per heavy atom. The van der Waals surface area contributed by atoms with Gasteiger partial charge in [0.15, 0.2) is 0 Å². The first-order valence-electron chi connectivity index (χ1n) is 18.5. The van der Waals surface area contributed by atoms with Crippen molar-refractivity contribution in [3.8, 4) is 34.1 Å². The Morgan fingerprint density at radius 1 is 0.698 bits per heavy atom. The van der Waals surface area contributed by atoms with Crippen molar-refractivity contribution in [3.63, 3.8) is 0 Å². The molecule has 3 aromatic heterocycles. The number of hydrogen-bond donors (Lipinski definition) is 0. The van der Waals surface area contributed by atoms with E-state index in [4.69, 9.17) is 14.8 Å². The number of pyridine rings is 1. The molecule has 6 heteroatoms. The number of fused-ring (bicyclic) bond motifs is 3. The normalized spacial score (nSPS) is 12.2. The molecule has 0 aliphatic rings. The van der Waals surface area contributed by atoms with Gasteiger partial charge in [0, 0.05) is 28.8 Å². The Labute approximate surface area is 329 Å². The van der Waals surface area contributed by atoms with E-state index in [0.29, 0.717) is 11.5 Å². The number of aryl methyl sites for hydroxylation is 1. The molecular formula is C47H50N4OPt. The van der Waals surface area contributed by atoms with Gasteiger partial charge in [0.05, 0.1) is 11.4 Å². The zero-order valence-corrected chi connectivity index (χ0v) is 35.1. The Bertz CT molecular complexity index is 2420. The summed E-state index contributed by atoms with van der Waals surface area (Å²) in [7, 11) is 0. The van der Waals surface area contributed by atoms with Crippen molar-refractivity contribution in [2.45, 2.75) is 98.8 Å². The molecule has 0 unspecified atom stereocenters. The first-order chi connectivity index (χ1) is 24.6. The molecule has 0 spiro atoms. The van der Waals surface area contributed by atoms with Crippen molar-refractivity contribution in [2.75, 3.05) is 0 Å². The molecule has 0 bridgehead atoms. The minimum absolute atomic E-state index is 0. The van der Waals surface area contributed by atoms with Gasteiger partial charge in [-0.2, -0.15) is 11.2 Å². The van der Waals surface area contributed by atoms with Gasteiger partial charge in [-0.25, -0.2) is 4.98 Å². The molecule has 0 fully saturated rings. The number of hydrogen-bond acceptors (Lipinski definition) is 3. The summed E-state index contributed by atoms with van der Waals surface area (Å²) >= 11 is 0. The molecule has 0 amide bonds. The van der Waals surface area contributed by atoms with Crippen molar-refractivity contribution in [2.24, 2.45) is 0 Å². The molecule has 5 nitrogen and oxygen atoms in total. The van der Waals surface area contributed by atoms with E-state index in [-0.39, 0.29) is 43.7 Å². The van der Waals surface area contributed by atoms with Crippen LogP contribution in [-0.4, -0.2) is 19.3 Å². The van der Waals surface area contributed by atoms with E-state index in [1.54, 1.807) is 0 Å². The molecule has 0 aliphatic heterocycles. The third kappa shape index (κ3) is 7.38. The van der Waals surface area contributed by atoms with Crippen LogP contribution in [0.4, 0.5) is 0 Å². The Balaban J connectivity index is 0.00000481. The smallest absolute Gasteiger partial charge is 0.509 e. The van der Waals surface area contributed by atoms with Gasteiger partial charge >= 0.3 is 21.1 Å². The van der Waals surface area contributed by atoms with E-state index in [9.17, 15) is 0 Å². The van der Waals surface area contributed by atoms with Crippen LogP contribution in [0.2, 0.25) is 0 Å². The van der Waals surface area contributed by atoms with Crippen LogP contribution < -0.4 is 4.74 Å². The molecule has 0 aliphatic carbocycles. The SMILES string of the molecule is Cc1ccc(-c2c(C(C)C)nn(-c3[c-]c(Oc4[c-]c5c(cc4)c4ccccc4n5-c4cc(C(C)(C)C)ccn4)cc(C(C)(C)C)c3)c2C(C)C)cc1.[Pt+2]. The molecular weight excluding hydrogens is 832 g/mol. The summed E-state index contributed by atoms with van der Waals surface area (Å²) in [5.74, 6) is 2.56. The van der Waals surface area contributed by atoms with Crippen molar-refractivity contribution < 1.29 is 25.8 Å². The summed E-state index contributed by atoms with van der Waals surface area (Å²) in [6.07, 6.45) is 1.90. The molecule has 0 radical (unpaired) electrons. The van der Waals surface area contributed by atoms with Crippen LogP contribution in [0.3, 0.4) is 0 Å². The van der Waals surface area contributed by atoms with Gasteiger partial charge in [-0.05, 0) is 70.0 Å². The van der Waals surface area contributed by atoms with Crippen LogP contribution in [0.1, 0.15) is 109 Å². The molecule has 7 aromatic rings. The summed E-state index contributed by atoms with van der Waals surface area (Å²) in [6.45, 7) is 24.4. The minimum Gasteiger partial charge on any atom is -0.509 e. The van der Waals surface area contributed by atoms with Gasteiger partial charge in [-0.3, -0.25) is 4.68 Å². The maximum atomic E-state index is 6.75. The molecule has 4 aromatic carbocycles. The molecule has 274 valence electrons. The van der Waals surface area contributed by atoms with Gasteiger partial charge in [-0.1, -0.05) is 123 Å². The van der Waals surface area contributed by atoms with E-state index in [1.165, 1.54) is 27.9 Å². The van der Waals surface area contributed by atoms with E-state index in [1.807, 2.05) is 12.3 Å². The topological polar surface area (TPSA) is 44.9 Å². The van der Waals surface area contributed by atoms with Gasteiger partial charge in [0.25, 0.3) is 0 Å². The van der Waals surface area contributed by atoms with Crippen LogP contribution in [0, 0.1) is 19.1 Å². The van der Waals surface area contributed by atoms with Crippen LogP contribution in [0.25, 0.3) is 44.4 Å². The molecule has 0 N–H and O–H groups in total. The first-order valence-corrected chi connectivity index (χ1v) is 18.5. The molecule has 0 saturated heterocycles. The second-order valence-corrected chi connectivity index (χ2v) is 16.8. The number of ether oxygens (including phenoxy) is 1. The summed E-state index contributed by atoms with van der Waals surface area (Å²) in [5.41, 5.74) is 11.0. The summed E-state index contributed by atoms with van der Waals surface area (Å²) in [4.78, 5) is 4.85. The number of para-hydroxylation sites is 1. The molecule has 3 heterocycles. The molecule has 53 heavy (non-hydrogen) atoms. The number of rotatable bonds is 7. The van der Waals surface area contributed by atoms with Crippen molar-refractivity contribution >= 4 is 21.8 Å². The zero-order chi connectivity index (χ0) is 37.1.